The number of halogens is 3. The molecule has 1 aliphatic carbocycles. The lowest BCUT2D eigenvalue weighted by Crippen LogP contribution is -2.59. The predicted octanol–water partition coefficient (Wildman–Crippen LogP) is 2.45. The molecule has 1 saturated carbocycles. The second-order valence-electron chi connectivity index (χ2n) is 10.6. The normalized spacial score (nSPS) is 30.0. The highest BCUT2D eigenvalue weighted by atomic mass is 19.4. The molecular weight excluding hydrogens is 477 g/mol. The molecule has 202 valence electrons. The number of methoxy groups -OCH3 is 1. The van der Waals surface area contributed by atoms with Crippen molar-refractivity contribution in [3.63, 3.8) is 0 Å². The summed E-state index contributed by atoms with van der Waals surface area (Å²) < 4.78 is 50.3. The first kappa shape index (κ1) is 27.1. The first-order chi connectivity index (χ1) is 16.9. The summed E-state index contributed by atoms with van der Waals surface area (Å²) in [6, 6.07) is 4.06. The van der Waals surface area contributed by atoms with Gasteiger partial charge in [0, 0.05) is 52.0 Å². The number of rotatable bonds is 6. The van der Waals surface area contributed by atoms with Gasteiger partial charge in [-0.25, -0.2) is 4.98 Å². The van der Waals surface area contributed by atoms with Crippen molar-refractivity contribution in [2.24, 2.45) is 5.41 Å². The largest absolute Gasteiger partial charge is 0.433 e. The molecule has 1 aromatic rings. The van der Waals surface area contributed by atoms with Crippen LogP contribution in [0.5, 0.6) is 0 Å². The van der Waals surface area contributed by atoms with Gasteiger partial charge in [0.2, 0.25) is 5.91 Å². The van der Waals surface area contributed by atoms with E-state index in [0.29, 0.717) is 52.2 Å². The van der Waals surface area contributed by atoms with Crippen LogP contribution in [0.15, 0.2) is 18.2 Å². The standard InChI is InChI=1S/C25H37F3N4O4/c1-23(2,34)24(9-7-17(15-24)29-18-8-14-36-16-19(18)35-3)22(33)32-12-10-31(11-13-32)21-6-4-5-20(30-21)25(26,27)28/h4-6,17-19,29,34H,7-16H2,1-3H3/t17-,18?,19?,24-/m0/s1. The van der Waals surface area contributed by atoms with Crippen LogP contribution in [0, 0.1) is 5.41 Å². The van der Waals surface area contributed by atoms with Gasteiger partial charge in [0.05, 0.1) is 23.7 Å². The summed E-state index contributed by atoms with van der Waals surface area (Å²) in [6.45, 7) is 6.05. The van der Waals surface area contributed by atoms with E-state index >= 15 is 0 Å². The van der Waals surface area contributed by atoms with Gasteiger partial charge >= 0.3 is 6.18 Å². The topological polar surface area (TPSA) is 87.2 Å². The number of carbonyl (C=O) groups is 1. The lowest BCUT2D eigenvalue weighted by Gasteiger charge is -2.45. The summed E-state index contributed by atoms with van der Waals surface area (Å²) in [5.41, 5.74) is -3.09. The fourth-order valence-electron chi connectivity index (χ4n) is 5.84. The lowest BCUT2D eigenvalue weighted by atomic mass is 9.70. The molecule has 3 fully saturated rings. The summed E-state index contributed by atoms with van der Waals surface area (Å²) in [5, 5.41) is 14.8. The Morgan fingerprint density at radius 1 is 1.22 bits per heavy atom. The van der Waals surface area contributed by atoms with Crippen LogP contribution in [0.25, 0.3) is 0 Å². The zero-order chi connectivity index (χ0) is 26.1. The van der Waals surface area contributed by atoms with E-state index in [9.17, 15) is 23.1 Å². The number of nitrogens with zero attached hydrogens (tertiary/aromatic N) is 3. The molecular formula is C25H37F3N4O4. The van der Waals surface area contributed by atoms with Crippen LogP contribution >= 0.6 is 0 Å². The van der Waals surface area contributed by atoms with Crippen molar-refractivity contribution in [3.05, 3.63) is 23.9 Å². The highest BCUT2D eigenvalue weighted by Crippen LogP contribution is 2.48. The Morgan fingerprint density at radius 2 is 1.94 bits per heavy atom. The number of alkyl halides is 3. The number of amides is 1. The highest BCUT2D eigenvalue weighted by molar-refractivity contribution is 5.85. The van der Waals surface area contributed by atoms with E-state index in [0.717, 1.165) is 18.9 Å². The summed E-state index contributed by atoms with van der Waals surface area (Å²) in [6.07, 6.45) is -1.90. The van der Waals surface area contributed by atoms with Crippen LogP contribution in [-0.4, -0.2) is 91.2 Å². The van der Waals surface area contributed by atoms with Crippen LogP contribution in [0.3, 0.4) is 0 Å². The van der Waals surface area contributed by atoms with Crippen LogP contribution in [0.2, 0.25) is 0 Å². The second-order valence-corrected chi connectivity index (χ2v) is 10.6. The maximum Gasteiger partial charge on any atom is 0.433 e. The molecule has 11 heteroatoms. The highest BCUT2D eigenvalue weighted by Gasteiger charge is 2.56. The minimum Gasteiger partial charge on any atom is -0.389 e. The van der Waals surface area contributed by atoms with Crippen LogP contribution in [0.4, 0.5) is 19.0 Å². The first-order valence-electron chi connectivity index (χ1n) is 12.6. The molecule has 4 atom stereocenters. The number of anilines is 1. The molecule has 4 rings (SSSR count). The van der Waals surface area contributed by atoms with Gasteiger partial charge in [0.1, 0.15) is 11.5 Å². The molecule has 2 unspecified atom stereocenters. The predicted molar refractivity (Wildman–Crippen MR) is 128 cm³/mol. The Bertz CT molecular complexity index is 917. The molecule has 0 bridgehead atoms. The van der Waals surface area contributed by atoms with Gasteiger partial charge in [-0.2, -0.15) is 13.2 Å². The fraction of sp³-hybridized carbons (Fsp3) is 0.760. The van der Waals surface area contributed by atoms with Gasteiger partial charge < -0.3 is 29.7 Å². The maximum absolute atomic E-state index is 13.9. The zero-order valence-corrected chi connectivity index (χ0v) is 21.2. The quantitative estimate of drug-likeness (QED) is 0.603. The van der Waals surface area contributed by atoms with E-state index in [4.69, 9.17) is 9.47 Å². The molecule has 1 aromatic heterocycles. The van der Waals surface area contributed by atoms with Gasteiger partial charge in [-0.3, -0.25) is 4.79 Å². The molecule has 0 aromatic carbocycles. The van der Waals surface area contributed by atoms with E-state index in [1.807, 2.05) is 0 Å². The van der Waals surface area contributed by atoms with Crippen molar-refractivity contribution >= 4 is 11.7 Å². The number of piperazine rings is 1. The summed E-state index contributed by atoms with van der Waals surface area (Å²) in [5.74, 6) is 0.162. The summed E-state index contributed by atoms with van der Waals surface area (Å²) in [4.78, 5) is 21.2. The van der Waals surface area contributed by atoms with Crippen LogP contribution in [0.1, 0.15) is 45.2 Å². The molecule has 36 heavy (non-hydrogen) atoms. The monoisotopic (exact) mass is 514 g/mol. The number of carbonyl (C=O) groups excluding carboxylic acids is 1. The Kier molecular flexibility index (Phi) is 7.85. The average molecular weight is 515 g/mol. The Morgan fingerprint density at radius 3 is 2.58 bits per heavy atom. The van der Waals surface area contributed by atoms with E-state index in [1.165, 1.54) is 6.07 Å². The number of pyridine rings is 1. The van der Waals surface area contributed by atoms with Crippen LogP contribution in [-0.2, 0) is 20.4 Å². The summed E-state index contributed by atoms with van der Waals surface area (Å²) >= 11 is 0. The molecule has 2 saturated heterocycles. The molecule has 1 amide bonds. The zero-order valence-electron chi connectivity index (χ0n) is 21.2. The second kappa shape index (κ2) is 10.4. The minimum absolute atomic E-state index is 0.0517. The van der Waals surface area contributed by atoms with Crippen LogP contribution < -0.4 is 10.2 Å². The van der Waals surface area contributed by atoms with E-state index < -0.39 is 22.9 Å². The van der Waals surface area contributed by atoms with Gasteiger partial charge in [0.25, 0.3) is 0 Å². The molecule has 3 heterocycles. The number of aromatic nitrogens is 1. The third-order valence-electron chi connectivity index (χ3n) is 8.07. The Hall–Kier alpha value is -1.95. The summed E-state index contributed by atoms with van der Waals surface area (Å²) in [7, 11) is 1.67. The van der Waals surface area contributed by atoms with Crippen molar-refractivity contribution in [3.8, 4) is 0 Å². The number of hydrogen-bond donors (Lipinski definition) is 2. The number of nitrogens with one attached hydrogen (secondary N) is 1. The van der Waals surface area contributed by atoms with Gasteiger partial charge in [-0.05, 0) is 51.7 Å². The Balaban J connectivity index is 1.42. The Labute approximate surface area is 210 Å². The maximum atomic E-state index is 13.9. The van der Waals surface area contributed by atoms with E-state index in [2.05, 4.69) is 10.3 Å². The molecule has 2 aliphatic heterocycles. The fourth-order valence-corrected chi connectivity index (χ4v) is 5.84. The van der Waals surface area contributed by atoms with Crippen molar-refractivity contribution in [1.82, 2.24) is 15.2 Å². The number of aliphatic hydroxyl groups is 1. The molecule has 0 radical (unpaired) electrons. The third kappa shape index (κ3) is 5.49. The van der Waals surface area contributed by atoms with E-state index in [1.54, 1.807) is 36.8 Å². The van der Waals surface area contributed by atoms with Gasteiger partial charge in [0.15, 0.2) is 0 Å². The molecule has 3 aliphatic rings. The van der Waals surface area contributed by atoms with Crippen molar-refractivity contribution < 1.29 is 32.5 Å². The lowest BCUT2D eigenvalue weighted by molar-refractivity contribution is -0.158. The molecule has 8 nitrogen and oxygen atoms in total. The third-order valence-corrected chi connectivity index (χ3v) is 8.07. The van der Waals surface area contributed by atoms with Gasteiger partial charge in [-0.15, -0.1) is 0 Å². The molecule has 2 N–H and O–H groups in total. The molecule has 0 spiro atoms. The number of hydrogen-bond acceptors (Lipinski definition) is 7. The smallest absolute Gasteiger partial charge is 0.389 e. The van der Waals surface area contributed by atoms with Crippen molar-refractivity contribution in [2.75, 3.05) is 51.4 Å². The van der Waals surface area contributed by atoms with E-state index in [-0.39, 0.29) is 29.9 Å². The minimum atomic E-state index is -4.51. The van der Waals surface area contributed by atoms with Crippen molar-refractivity contribution in [1.29, 1.82) is 0 Å². The number of ether oxygens (including phenoxy) is 2. The van der Waals surface area contributed by atoms with Gasteiger partial charge in [-0.1, -0.05) is 6.07 Å². The average Bonchev–Trinajstić information content (AvgIpc) is 3.29. The van der Waals surface area contributed by atoms with Crippen molar-refractivity contribution in [2.45, 2.75) is 69.5 Å². The first-order valence-corrected chi connectivity index (χ1v) is 12.6. The SMILES string of the molecule is COC1COCCC1N[C@H]1CC[C@](C(=O)N2CCN(c3cccc(C(F)(F)F)n3)CC2)(C(C)(C)O)C1.